The van der Waals surface area contributed by atoms with Gasteiger partial charge in [0.25, 0.3) is 0 Å². The molecule has 2 heterocycles. The minimum Gasteiger partial charge on any atom is -0.430 e. The average molecular weight is 372 g/mol. The Hall–Kier alpha value is -2.14. The summed E-state index contributed by atoms with van der Waals surface area (Å²) in [6, 6.07) is 9.54. The summed E-state index contributed by atoms with van der Waals surface area (Å²) < 4.78 is 5.06. The Balaban J connectivity index is 1.51. The van der Waals surface area contributed by atoms with Crippen LogP contribution >= 0.6 is 0 Å². The topological polar surface area (TPSA) is 91.8 Å². The van der Waals surface area contributed by atoms with Crippen LogP contribution in [-0.2, 0) is 9.57 Å². The molecule has 0 aliphatic carbocycles. The minimum atomic E-state index is -0.621. The number of hydrogen-bond acceptors (Lipinski definition) is 7. The van der Waals surface area contributed by atoms with Gasteiger partial charge >= 0.3 is 6.16 Å². The number of ether oxygens (including phenoxy) is 1. The first-order chi connectivity index (χ1) is 12.9. The highest BCUT2D eigenvalue weighted by Crippen LogP contribution is 2.29. The van der Waals surface area contributed by atoms with E-state index in [1.165, 1.54) is 0 Å². The molecule has 0 aromatic heterocycles. The number of carbonyl (C=O) groups is 1. The number of nitrogens with two attached hydrogens (primary N) is 1. The quantitative estimate of drug-likeness (QED) is 0.793. The van der Waals surface area contributed by atoms with Crippen molar-refractivity contribution < 1.29 is 14.4 Å². The van der Waals surface area contributed by atoms with E-state index in [1.807, 2.05) is 24.3 Å². The maximum atomic E-state index is 11.7. The van der Waals surface area contributed by atoms with Crippen molar-refractivity contribution >= 4 is 6.16 Å². The highest BCUT2D eigenvalue weighted by atomic mass is 16.8. The summed E-state index contributed by atoms with van der Waals surface area (Å²) >= 11 is 0. The van der Waals surface area contributed by atoms with Crippen LogP contribution < -0.4 is 5.73 Å². The van der Waals surface area contributed by atoms with Crippen LogP contribution in [0.1, 0.15) is 37.4 Å². The summed E-state index contributed by atoms with van der Waals surface area (Å²) in [6.45, 7) is 7.75. The number of benzene rings is 1. The van der Waals surface area contributed by atoms with Gasteiger partial charge in [0.2, 0.25) is 0 Å². The van der Waals surface area contributed by atoms with E-state index in [2.05, 4.69) is 11.0 Å². The lowest BCUT2D eigenvalue weighted by Gasteiger charge is -2.45. The van der Waals surface area contributed by atoms with Gasteiger partial charge in [-0.1, -0.05) is 12.1 Å². The van der Waals surface area contributed by atoms with Gasteiger partial charge in [0, 0.05) is 38.8 Å². The molecule has 2 fully saturated rings. The van der Waals surface area contributed by atoms with E-state index in [0.29, 0.717) is 17.4 Å². The summed E-state index contributed by atoms with van der Waals surface area (Å²) in [5, 5.41) is 10.7. The summed E-state index contributed by atoms with van der Waals surface area (Å²) in [5.41, 5.74) is 8.08. The van der Waals surface area contributed by atoms with Crippen LogP contribution in [-0.4, -0.2) is 54.9 Å². The van der Waals surface area contributed by atoms with Gasteiger partial charge in [0.05, 0.1) is 17.7 Å². The summed E-state index contributed by atoms with van der Waals surface area (Å²) in [6.07, 6.45) is 0.354. The maximum absolute atomic E-state index is 11.7. The predicted molar refractivity (Wildman–Crippen MR) is 100 cm³/mol. The molecule has 3 atom stereocenters. The van der Waals surface area contributed by atoms with Crippen LogP contribution in [0.3, 0.4) is 0 Å². The zero-order chi connectivity index (χ0) is 19.4. The number of nitrogens with zero attached hydrogens (tertiary/aromatic N) is 3. The van der Waals surface area contributed by atoms with Crippen LogP contribution in [0.4, 0.5) is 4.79 Å². The van der Waals surface area contributed by atoms with Gasteiger partial charge in [-0.05, 0) is 49.8 Å². The van der Waals surface area contributed by atoms with Gasteiger partial charge in [-0.3, -0.25) is 0 Å². The lowest BCUT2D eigenvalue weighted by molar-refractivity contribution is -0.172. The molecule has 2 N–H and O–H groups in total. The van der Waals surface area contributed by atoms with Crippen molar-refractivity contribution in [2.24, 2.45) is 17.6 Å². The zero-order valence-electron chi connectivity index (χ0n) is 16.0. The molecular weight excluding hydrogens is 344 g/mol. The Morgan fingerprint density at radius 3 is 2.41 bits per heavy atom. The molecule has 2 aliphatic heterocycles. The van der Waals surface area contributed by atoms with E-state index in [9.17, 15) is 4.79 Å². The number of fused-ring (bicyclic) bond motifs is 2. The molecule has 1 aromatic carbocycles. The minimum absolute atomic E-state index is 0.0788. The van der Waals surface area contributed by atoms with Gasteiger partial charge in [-0.25, -0.2) is 4.79 Å². The van der Waals surface area contributed by atoms with Crippen LogP contribution in [0.15, 0.2) is 24.3 Å². The second-order valence-corrected chi connectivity index (χ2v) is 7.88. The molecule has 3 rings (SSSR count). The van der Waals surface area contributed by atoms with Crippen molar-refractivity contribution in [1.82, 2.24) is 9.96 Å². The SMILES string of the molecule is CC(C)OC(=O)ON1CC2CC(CN(CC(N)c3ccc(C#N)cc3)C2)C1. The normalized spacial score (nSPS) is 24.3. The van der Waals surface area contributed by atoms with E-state index in [4.69, 9.17) is 20.6 Å². The molecule has 27 heavy (non-hydrogen) atoms. The van der Waals surface area contributed by atoms with E-state index in [0.717, 1.165) is 44.7 Å². The first kappa shape index (κ1) is 19.6. The fraction of sp³-hybridized carbons (Fsp3) is 0.600. The first-order valence-corrected chi connectivity index (χ1v) is 9.54. The second-order valence-electron chi connectivity index (χ2n) is 7.88. The summed E-state index contributed by atoms with van der Waals surface area (Å²) in [5.74, 6) is 0.912. The highest BCUT2D eigenvalue weighted by molar-refractivity contribution is 5.59. The van der Waals surface area contributed by atoms with Crippen LogP contribution in [0.25, 0.3) is 0 Å². The number of carbonyl (C=O) groups excluding carboxylic acids is 1. The Morgan fingerprint density at radius 2 is 1.85 bits per heavy atom. The molecule has 2 aliphatic rings. The van der Waals surface area contributed by atoms with Crippen molar-refractivity contribution in [2.45, 2.75) is 32.4 Å². The van der Waals surface area contributed by atoms with Crippen LogP contribution in [0.2, 0.25) is 0 Å². The largest absolute Gasteiger partial charge is 0.528 e. The van der Waals surface area contributed by atoms with Crippen molar-refractivity contribution in [3.63, 3.8) is 0 Å². The van der Waals surface area contributed by atoms with E-state index < -0.39 is 6.16 Å². The second kappa shape index (κ2) is 8.70. The van der Waals surface area contributed by atoms with Gasteiger partial charge in [-0.2, -0.15) is 5.26 Å². The predicted octanol–water partition coefficient (Wildman–Crippen LogP) is 2.29. The third-order valence-corrected chi connectivity index (χ3v) is 5.08. The molecule has 0 radical (unpaired) electrons. The summed E-state index contributed by atoms with van der Waals surface area (Å²) in [4.78, 5) is 19.5. The molecule has 2 bridgehead atoms. The Bertz CT molecular complexity index is 671. The molecule has 0 amide bonds. The molecule has 1 aromatic rings. The molecule has 3 unspecified atom stereocenters. The summed E-state index contributed by atoms with van der Waals surface area (Å²) in [7, 11) is 0. The molecule has 146 valence electrons. The maximum Gasteiger partial charge on any atom is 0.528 e. The average Bonchev–Trinajstić information content (AvgIpc) is 2.60. The van der Waals surface area contributed by atoms with Crippen molar-refractivity contribution in [3.8, 4) is 6.07 Å². The number of hydrogen-bond donors (Lipinski definition) is 1. The fourth-order valence-electron chi connectivity index (χ4n) is 4.07. The van der Waals surface area contributed by atoms with Gasteiger partial charge < -0.3 is 20.2 Å². The lowest BCUT2D eigenvalue weighted by atomic mass is 9.85. The fourth-order valence-corrected chi connectivity index (χ4v) is 4.07. The van der Waals surface area contributed by atoms with Crippen LogP contribution in [0, 0.1) is 23.2 Å². The van der Waals surface area contributed by atoms with E-state index in [-0.39, 0.29) is 12.1 Å². The lowest BCUT2D eigenvalue weighted by Crippen LogP contribution is -2.54. The Labute approximate surface area is 160 Å². The molecule has 0 spiro atoms. The molecule has 7 heteroatoms. The molecule has 0 saturated carbocycles. The Morgan fingerprint density at radius 1 is 1.22 bits per heavy atom. The monoisotopic (exact) mass is 372 g/mol. The molecule has 2 saturated heterocycles. The standard InChI is InChI=1S/C20H28N4O3/c1-14(2)26-20(25)27-24-11-16-7-17(12-24)10-23(9-16)13-19(22)18-5-3-15(8-21)4-6-18/h3-6,14,16-17,19H,7,9-13,22H2,1-2H3. The molecular formula is C20H28N4O3. The number of nitriles is 1. The number of piperidine rings is 2. The zero-order valence-corrected chi connectivity index (χ0v) is 16.0. The smallest absolute Gasteiger partial charge is 0.430 e. The van der Waals surface area contributed by atoms with Crippen LogP contribution in [0.5, 0.6) is 0 Å². The van der Waals surface area contributed by atoms with Crippen molar-refractivity contribution in [2.75, 3.05) is 32.7 Å². The van der Waals surface area contributed by atoms with Gasteiger partial charge in [-0.15, -0.1) is 5.06 Å². The van der Waals surface area contributed by atoms with Crippen molar-refractivity contribution in [3.05, 3.63) is 35.4 Å². The van der Waals surface area contributed by atoms with E-state index >= 15 is 0 Å². The number of rotatable bonds is 5. The first-order valence-electron chi connectivity index (χ1n) is 9.54. The highest BCUT2D eigenvalue weighted by Gasteiger charge is 2.36. The molecule has 7 nitrogen and oxygen atoms in total. The Kier molecular flexibility index (Phi) is 6.32. The van der Waals surface area contributed by atoms with Gasteiger partial charge in [0.15, 0.2) is 0 Å². The number of likely N-dealkylation sites (tertiary alicyclic amines) is 1. The van der Waals surface area contributed by atoms with Crippen molar-refractivity contribution in [1.29, 1.82) is 5.26 Å². The van der Waals surface area contributed by atoms with Gasteiger partial charge in [0.1, 0.15) is 0 Å². The number of hydroxylamine groups is 2. The third kappa shape index (κ3) is 5.42. The third-order valence-electron chi connectivity index (χ3n) is 5.08. The van der Waals surface area contributed by atoms with E-state index in [1.54, 1.807) is 18.9 Å².